The fourth-order valence-corrected chi connectivity index (χ4v) is 2.09. The molecular formula is C11H19ClN4O. The minimum atomic E-state index is 0. The number of piperazine rings is 1. The Kier molecular flexibility index (Phi) is 4.54. The molecule has 1 aromatic heterocycles. The van der Waals surface area contributed by atoms with Crippen molar-refractivity contribution < 1.29 is 4.79 Å². The molecule has 0 saturated carbocycles. The Morgan fingerprint density at radius 3 is 2.82 bits per heavy atom. The van der Waals surface area contributed by atoms with E-state index in [9.17, 15) is 4.79 Å². The van der Waals surface area contributed by atoms with Crippen LogP contribution in [0.5, 0.6) is 0 Å². The lowest BCUT2D eigenvalue weighted by atomic mass is 10.2. The smallest absolute Gasteiger partial charge is 0.272 e. The number of halogens is 1. The minimum Gasteiger partial charge on any atom is -0.334 e. The second kappa shape index (κ2) is 5.51. The lowest BCUT2D eigenvalue weighted by Gasteiger charge is -2.31. The van der Waals surface area contributed by atoms with E-state index in [0.29, 0.717) is 11.7 Å². The second-order valence-electron chi connectivity index (χ2n) is 4.40. The first-order chi connectivity index (χ1) is 7.58. The van der Waals surface area contributed by atoms with Crippen LogP contribution < -0.4 is 5.32 Å². The topological polar surface area (TPSA) is 50.2 Å². The van der Waals surface area contributed by atoms with E-state index in [0.717, 1.165) is 25.3 Å². The predicted molar refractivity (Wildman–Crippen MR) is 68.6 cm³/mol. The third-order valence-electron chi connectivity index (χ3n) is 2.88. The quantitative estimate of drug-likeness (QED) is 0.802. The fourth-order valence-electron chi connectivity index (χ4n) is 2.09. The predicted octanol–water partition coefficient (Wildman–Crippen LogP) is 0.584. The van der Waals surface area contributed by atoms with Crippen molar-refractivity contribution in [3.05, 3.63) is 17.5 Å². The van der Waals surface area contributed by atoms with Gasteiger partial charge in [0, 0.05) is 32.7 Å². The molecule has 0 unspecified atom stereocenters. The van der Waals surface area contributed by atoms with Gasteiger partial charge in [0.05, 0.1) is 5.69 Å². The molecule has 0 radical (unpaired) electrons. The molecule has 1 aromatic rings. The summed E-state index contributed by atoms with van der Waals surface area (Å²) in [6.07, 6.45) is 0. The third-order valence-corrected chi connectivity index (χ3v) is 2.88. The van der Waals surface area contributed by atoms with Crippen molar-refractivity contribution in [1.82, 2.24) is 20.0 Å². The molecule has 1 fully saturated rings. The number of carbonyl (C=O) groups excluding carboxylic acids is 1. The van der Waals surface area contributed by atoms with Crippen LogP contribution in [0.25, 0.3) is 0 Å². The zero-order valence-electron chi connectivity index (χ0n) is 10.4. The highest BCUT2D eigenvalue weighted by molar-refractivity contribution is 5.92. The van der Waals surface area contributed by atoms with Gasteiger partial charge in [-0.2, -0.15) is 5.10 Å². The number of carbonyl (C=O) groups is 1. The number of amides is 1. The van der Waals surface area contributed by atoms with E-state index in [-0.39, 0.29) is 18.3 Å². The summed E-state index contributed by atoms with van der Waals surface area (Å²) in [5.41, 5.74) is 1.56. The average molecular weight is 259 g/mol. The van der Waals surface area contributed by atoms with Crippen LogP contribution in [0.2, 0.25) is 0 Å². The summed E-state index contributed by atoms with van der Waals surface area (Å²) < 4.78 is 1.66. The van der Waals surface area contributed by atoms with Crippen LogP contribution in [-0.2, 0) is 7.05 Å². The Balaban J connectivity index is 0.00000144. The van der Waals surface area contributed by atoms with Gasteiger partial charge in [0.2, 0.25) is 0 Å². The number of nitrogens with one attached hydrogen (secondary N) is 1. The van der Waals surface area contributed by atoms with Gasteiger partial charge in [-0.25, -0.2) is 0 Å². The van der Waals surface area contributed by atoms with Crippen molar-refractivity contribution in [2.45, 2.75) is 19.9 Å². The summed E-state index contributed by atoms with van der Waals surface area (Å²) in [4.78, 5) is 14.1. The number of aryl methyl sites for hydroxylation is 2. The molecule has 0 spiro atoms. The summed E-state index contributed by atoms with van der Waals surface area (Å²) in [6, 6.07) is 2.21. The van der Waals surface area contributed by atoms with Gasteiger partial charge in [0.15, 0.2) is 0 Å². The Morgan fingerprint density at radius 2 is 2.29 bits per heavy atom. The maximum atomic E-state index is 12.2. The fraction of sp³-hybridized carbons (Fsp3) is 0.636. The molecule has 2 rings (SSSR count). The van der Waals surface area contributed by atoms with Crippen LogP contribution >= 0.6 is 12.4 Å². The van der Waals surface area contributed by atoms with Crippen LogP contribution in [0.1, 0.15) is 23.1 Å². The van der Waals surface area contributed by atoms with Crippen LogP contribution in [0, 0.1) is 6.92 Å². The van der Waals surface area contributed by atoms with Crippen LogP contribution in [0.15, 0.2) is 6.07 Å². The molecule has 1 amide bonds. The highest BCUT2D eigenvalue weighted by Gasteiger charge is 2.23. The molecule has 0 bridgehead atoms. The number of aromatic nitrogens is 2. The Labute approximate surface area is 108 Å². The summed E-state index contributed by atoms with van der Waals surface area (Å²) in [6.45, 7) is 6.39. The SMILES string of the molecule is Cc1cc(C(=O)N2CCN[C@@H](C)C2)n(C)n1.Cl. The molecule has 5 nitrogen and oxygen atoms in total. The minimum absolute atomic E-state index is 0. The van der Waals surface area contributed by atoms with E-state index in [2.05, 4.69) is 17.3 Å². The van der Waals surface area contributed by atoms with Crippen LogP contribution in [-0.4, -0.2) is 46.3 Å². The first-order valence-electron chi connectivity index (χ1n) is 5.61. The molecular weight excluding hydrogens is 240 g/mol. The van der Waals surface area contributed by atoms with Gasteiger partial charge >= 0.3 is 0 Å². The normalized spacial score (nSPS) is 19.9. The van der Waals surface area contributed by atoms with E-state index in [1.165, 1.54) is 0 Å². The van der Waals surface area contributed by atoms with E-state index >= 15 is 0 Å². The van der Waals surface area contributed by atoms with Crippen molar-refractivity contribution in [2.75, 3.05) is 19.6 Å². The summed E-state index contributed by atoms with van der Waals surface area (Å²) >= 11 is 0. The van der Waals surface area contributed by atoms with Crippen molar-refractivity contribution in [3.63, 3.8) is 0 Å². The van der Waals surface area contributed by atoms with Crippen molar-refractivity contribution in [1.29, 1.82) is 0 Å². The summed E-state index contributed by atoms with van der Waals surface area (Å²) in [5, 5.41) is 7.52. The highest BCUT2D eigenvalue weighted by atomic mass is 35.5. The van der Waals surface area contributed by atoms with E-state index < -0.39 is 0 Å². The maximum absolute atomic E-state index is 12.2. The van der Waals surface area contributed by atoms with Gasteiger partial charge in [-0.1, -0.05) is 0 Å². The number of hydrogen-bond acceptors (Lipinski definition) is 3. The van der Waals surface area contributed by atoms with Crippen LogP contribution in [0.4, 0.5) is 0 Å². The first kappa shape index (κ1) is 14.0. The first-order valence-corrected chi connectivity index (χ1v) is 5.61. The average Bonchev–Trinajstić information content (AvgIpc) is 2.57. The zero-order chi connectivity index (χ0) is 11.7. The molecule has 1 atom stereocenters. The second-order valence-corrected chi connectivity index (χ2v) is 4.40. The van der Waals surface area contributed by atoms with Gasteiger partial charge in [0.25, 0.3) is 5.91 Å². The molecule has 0 aliphatic carbocycles. The summed E-state index contributed by atoms with van der Waals surface area (Å²) in [5.74, 6) is 0.0800. The molecule has 0 aromatic carbocycles. The molecule has 6 heteroatoms. The highest BCUT2D eigenvalue weighted by Crippen LogP contribution is 2.08. The van der Waals surface area contributed by atoms with Crippen LogP contribution in [0.3, 0.4) is 0 Å². The van der Waals surface area contributed by atoms with Gasteiger partial charge < -0.3 is 10.2 Å². The number of rotatable bonds is 1. The zero-order valence-corrected chi connectivity index (χ0v) is 11.3. The van der Waals surface area contributed by atoms with Gasteiger partial charge in [-0.05, 0) is 19.9 Å². The lowest BCUT2D eigenvalue weighted by molar-refractivity contribution is 0.0698. The lowest BCUT2D eigenvalue weighted by Crippen LogP contribution is -2.51. The number of hydrogen-bond donors (Lipinski definition) is 1. The molecule has 2 heterocycles. The Hall–Kier alpha value is -1.07. The Morgan fingerprint density at radius 1 is 1.59 bits per heavy atom. The molecule has 17 heavy (non-hydrogen) atoms. The molecule has 1 saturated heterocycles. The standard InChI is InChI=1S/C11H18N4O.ClH/c1-8-6-10(14(3)13-8)11(16)15-5-4-12-9(2)7-15;/h6,9,12H,4-5,7H2,1-3H3;1H/t9-;/m0./s1. The van der Waals surface area contributed by atoms with Crippen molar-refractivity contribution in [2.24, 2.45) is 7.05 Å². The van der Waals surface area contributed by atoms with E-state index in [4.69, 9.17) is 0 Å². The van der Waals surface area contributed by atoms with Gasteiger partial charge in [-0.15, -0.1) is 12.4 Å². The van der Waals surface area contributed by atoms with Crippen molar-refractivity contribution in [3.8, 4) is 0 Å². The molecule has 1 aliphatic heterocycles. The van der Waals surface area contributed by atoms with Gasteiger partial charge in [-0.3, -0.25) is 9.48 Å². The monoisotopic (exact) mass is 258 g/mol. The van der Waals surface area contributed by atoms with Crippen molar-refractivity contribution >= 4 is 18.3 Å². The summed E-state index contributed by atoms with van der Waals surface area (Å²) in [7, 11) is 1.81. The molecule has 1 N–H and O–H groups in total. The van der Waals surface area contributed by atoms with E-state index in [1.807, 2.05) is 24.9 Å². The van der Waals surface area contributed by atoms with E-state index in [1.54, 1.807) is 4.68 Å². The molecule has 1 aliphatic rings. The third kappa shape index (κ3) is 2.98. The maximum Gasteiger partial charge on any atom is 0.272 e. The Bertz CT molecular complexity index is 404. The van der Waals surface area contributed by atoms with Gasteiger partial charge in [0.1, 0.15) is 5.69 Å². The number of nitrogens with zero attached hydrogens (tertiary/aromatic N) is 3. The molecule has 96 valence electrons. The largest absolute Gasteiger partial charge is 0.334 e.